The molecular weight excluding hydrogens is 384 g/mol. The zero-order chi connectivity index (χ0) is 21.6. The highest BCUT2D eigenvalue weighted by Gasteiger charge is 2.04. The minimum atomic E-state index is -0.124. The minimum Gasteiger partial charge on any atom is -0.491 e. The average molecular weight is 417 g/mol. The molecule has 8 heteroatoms. The van der Waals surface area contributed by atoms with Crippen LogP contribution < -0.4 is 20.7 Å². The fourth-order valence-corrected chi connectivity index (χ4v) is 2.52. The zero-order valence-corrected chi connectivity index (χ0v) is 17.9. The van der Waals surface area contributed by atoms with E-state index >= 15 is 0 Å². The molecule has 2 aromatic rings. The van der Waals surface area contributed by atoms with Crippen LogP contribution in [-0.2, 0) is 16.1 Å². The molecule has 3 N–H and O–H groups in total. The van der Waals surface area contributed by atoms with Gasteiger partial charge in [-0.25, -0.2) is 4.99 Å². The molecule has 0 fully saturated rings. The van der Waals surface area contributed by atoms with E-state index in [1.54, 1.807) is 6.26 Å². The molecule has 0 radical (unpaired) electrons. The molecular formula is C22H32N4O4. The standard InChI is InChI=1S/C22H32N4O4/c1-4-23-21(27)15-25-22(24-12-6-13-28-16-20-7-5-14-29-20)26-18-8-10-19(11-9-18)30-17(2)3/h5,7-11,14,17H,4,6,12-13,15-16H2,1-3H3,(H,23,27)(H2,24,25,26). The predicted molar refractivity (Wildman–Crippen MR) is 118 cm³/mol. The first-order valence-corrected chi connectivity index (χ1v) is 10.3. The zero-order valence-electron chi connectivity index (χ0n) is 17.9. The van der Waals surface area contributed by atoms with Crippen molar-refractivity contribution in [1.29, 1.82) is 0 Å². The molecule has 0 saturated heterocycles. The van der Waals surface area contributed by atoms with E-state index in [9.17, 15) is 4.79 Å². The Morgan fingerprint density at radius 1 is 1.17 bits per heavy atom. The summed E-state index contributed by atoms with van der Waals surface area (Å²) in [6, 6.07) is 11.3. The van der Waals surface area contributed by atoms with Crippen LogP contribution in [0.25, 0.3) is 0 Å². The van der Waals surface area contributed by atoms with Gasteiger partial charge in [0.15, 0.2) is 5.96 Å². The van der Waals surface area contributed by atoms with Crippen molar-refractivity contribution >= 4 is 17.6 Å². The average Bonchev–Trinajstić information content (AvgIpc) is 3.23. The highest BCUT2D eigenvalue weighted by Crippen LogP contribution is 2.16. The number of benzene rings is 1. The molecule has 8 nitrogen and oxygen atoms in total. The summed E-state index contributed by atoms with van der Waals surface area (Å²) in [5.74, 6) is 2.02. The lowest BCUT2D eigenvalue weighted by Gasteiger charge is -2.14. The van der Waals surface area contributed by atoms with Gasteiger partial charge in [-0.15, -0.1) is 0 Å². The largest absolute Gasteiger partial charge is 0.491 e. The van der Waals surface area contributed by atoms with Gasteiger partial charge in [-0.1, -0.05) is 0 Å². The summed E-state index contributed by atoms with van der Waals surface area (Å²) in [7, 11) is 0. The number of carbonyl (C=O) groups excluding carboxylic acids is 1. The van der Waals surface area contributed by atoms with Crippen molar-refractivity contribution in [2.24, 2.45) is 4.99 Å². The van der Waals surface area contributed by atoms with Crippen LogP contribution in [0.3, 0.4) is 0 Å². The number of likely N-dealkylation sites (N-methyl/N-ethyl adjacent to an activating group) is 1. The second-order valence-corrected chi connectivity index (χ2v) is 6.85. The fraction of sp³-hybridized carbons (Fsp3) is 0.455. The van der Waals surface area contributed by atoms with E-state index in [1.807, 2.05) is 57.2 Å². The molecule has 0 aliphatic rings. The third-order valence-electron chi connectivity index (χ3n) is 3.83. The second-order valence-electron chi connectivity index (χ2n) is 6.85. The smallest absolute Gasteiger partial charge is 0.241 e. The molecule has 1 aromatic heterocycles. The quantitative estimate of drug-likeness (QED) is 0.279. The molecule has 164 valence electrons. The van der Waals surface area contributed by atoms with Crippen molar-refractivity contribution < 1.29 is 18.7 Å². The topological polar surface area (TPSA) is 97.1 Å². The van der Waals surface area contributed by atoms with Crippen LogP contribution in [0.15, 0.2) is 52.1 Å². The Morgan fingerprint density at radius 3 is 2.63 bits per heavy atom. The Kier molecular flexibility index (Phi) is 10.3. The first-order chi connectivity index (χ1) is 14.6. The van der Waals surface area contributed by atoms with Crippen molar-refractivity contribution in [3.05, 3.63) is 48.4 Å². The molecule has 0 atom stereocenters. The summed E-state index contributed by atoms with van der Waals surface area (Å²) >= 11 is 0. The lowest BCUT2D eigenvalue weighted by atomic mass is 10.3. The molecule has 0 saturated carbocycles. The number of carbonyl (C=O) groups is 1. The molecule has 0 aliphatic heterocycles. The van der Waals surface area contributed by atoms with Gasteiger partial charge in [-0.2, -0.15) is 0 Å². The maximum atomic E-state index is 11.8. The number of rotatable bonds is 12. The van der Waals surface area contributed by atoms with Crippen molar-refractivity contribution in [2.45, 2.75) is 39.9 Å². The van der Waals surface area contributed by atoms with Crippen LogP contribution in [-0.4, -0.2) is 44.2 Å². The van der Waals surface area contributed by atoms with E-state index in [2.05, 4.69) is 20.9 Å². The molecule has 1 heterocycles. The fourth-order valence-electron chi connectivity index (χ4n) is 2.52. The molecule has 1 amide bonds. The molecule has 0 bridgehead atoms. The molecule has 2 rings (SSSR count). The summed E-state index contributed by atoms with van der Waals surface area (Å²) in [6.07, 6.45) is 2.53. The normalized spacial score (nSPS) is 11.4. The first-order valence-electron chi connectivity index (χ1n) is 10.3. The van der Waals surface area contributed by atoms with Gasteiger partial charge in [0.25, 0.3) is 0 Å². The lowest BCUT2D eigenvalue weighted by molar-refractivity contribution is -0.119. The van der Waals surface area contributed by atoms with E-state index in [4.69, 9.17) is 13.9 Å². The van der Waals surface area contributed by atoms with Crippen LogP contribution >= 0.6 is 0 Å². The van der Waals surface area contributed by atoms with Crippen molar-refractivity contribution in [2.75, 3.05) is 31.6 Å². The number of hydrogen-bond donors (Lipinski definition) is 3. The third-order valence-corrected chi connectivity index (χ3v) is 3.83. The van der Waals surface area contributed by atoms with E-state index in [1.165, 1.54) is 0 Å². The predicted octanol–water partition coefficient (Wildman–Crippen LogP) is 3.17. The Bertz CT molecular complexity index is 758. The van der Waals surface area contributed by atoms with Gasteiger partial charge < -0.3 is 29.8 Å². The Hall–Kier alpha value is -3.00. The van der Waals surface area contributed by atoms with Crippen LogP contribution in [0.2, 0.25) is 0 Å². The molecule has 1 aromatic carbocycles. The number of furan rings is 1. The van der Waals surface area contributed by atoms with E-state index in [0.29, 0.717) is 32.3 Å². The molecule has 0 unspecified atom stereocenters. The maximum Gasteiger partial charge on any atom is 0.241 e. The summed E-state index contributed by atoms with van der Waals surface area (Å²) in [5, 5.41) is 9.19. The van der Waals surface area contributed by atoms with E-state index in [0.717, 1.165) is 23.6 Å². The number of ether oxygens (including phenoxy) is 2. The highest BCUT2D eigenvalue weighted by molar-refractivity contribution is 5.95. The minimum absolute atomic E-state index is 0.0483. The first kappa shape index (κ1) is 23.3. The van der Waals surface area contributed by atoms with Crippen LogP contribution in [0.4, 0.5) is 5.69 Å². The lowest BCUT2D eigenvalue weighted by Crippen LogP contribution is -2.34. The Balaban J connectivity index is 1.83. The van der Waals surface area contributed by atoms with Crippen molar-refractivity contribution in [3.8, 4) is 5.75 Å². The number of anilines is 1. The van der Waals surface area contributed by atoms with Crippen LogP contribution in [0.5, 0.6) is 5.75 Å². The number of amides is 1. The van der Waals surface area contributed by atoms with Crippen LogP contribution in [0.1, 0.15) is 33.0 Å². The summed E-state index contributed by atoms with van der Waals surface area (Å²) in [4.78, 5) is 16.1. The highest BCUT2D eigenvalue weighted by atomic mass is 16.5. The van der Waals surface area contributed by atoms with Gasteiger partial charge in [0.05, 0.1) is 12.4 Å². The summed E-state index contributed by atoms with van der Waals surface area (Å²) in [5.41, 5.74) is 0.849. The number of nitrogens with one attached hydrogen (secondary N) is 3. The third kappa shape index (κ3) is 9.47. The molecule has 30 heavy (non-hydrogen) atoms. The number of guanidine groups is 1. The SMILES string of the molecule is CCNC(=O)CN=C(NCCCOCc1ccco1)Nc1ccc(OC(C)C)cc1. The Labute approximate surface area is 178 Å². The van der Waals surface area contributed by atoms with Gasteiger partial charge in [-0.05, 0) is 63.6 Å². The van der Waals surface area contributed by atoms with Crippen molar-refractivity contribution in [3.63, 3.8) is 0 Å². The maximum absolute atomic E-state index is 11.8. The van der Waals surface area contributed by atoms with E-state index in [-0.39, 0.29) is 18.6 Å². The van der Waals surface area contributed by atoms with E-state index < -0.39 is 0 Å². The van der Waals surface area contributed by atoms with Crippen molar-refractivity contribution in [1.82, 2.24) is 10.6 Å². The summed E-state index contributed by atoms with van der Waals surface area (Å²) in [6.45, 7) is 8.16. The monoisotopic (exact) mass is 416 g/mol. The molecule has 0 spiro atoms. The summed E-state index contributed by atoms with van der Waals surface area (Å²) < 4.78 is 16.5. The molecule has 0 aliphatic carbocycles. The second kappa shape index (κ2) is 13.3. The van der Waals surface area contributed by atoms with Crippen LogP contribution in [0, 0.1) is 0 Å². The van der Waals surface area contributed by atoms with Gasteiger partial charge in [-0.3, -0.25) is 4.79 Å². The van der Waals surface area contributed by atoms with Gasteiger partial charge in [0.2, 0.25) is 5.91 Å². The number of aliphatic imine (C=N–C) groups is 1. The van der Waals surface area contributed by atoms with Gasteiger partial charge >= 0.3 is 0 Å². The van der Waals surface area contributed by atoms with Gasteiger partial charge in [0, 0.05) is 25.4 Å². The number of hydrogen-bond acceptors (Lipinski definition) is 5. The van der Waals surface area contributed by atoms with Gasteiger partial charge in [0.1, 0.15) is 24.7 Å². The number of nitrogens with zero attached hydrogens (tertiary/aromatic N) is 1. The Morgan fingerprint density at radius 2 is 1.97 bits per heavy atom.